The molecule has 0 radical (unpaired) electrons. The monoisotopic (exact) mass is 464 g/mol. The van der Waals surface area contributed by atoms with Crippen LogP contribution in [0.15, 0.2) is 0 Å². The molecule has 0 aliphatic rings. The van der Waals surface area contributed by atoms with E-state index in [2.05, 4.69) is 0 Å². The van der Waals surface area contributed by atoms with Crippen LogP contribution in [0.5, 0.6) is 0 Å². The zero-order chi connectivity index (χ0) is 13.5. The summed E-state index contributed by atoms with van der Waals surface area (Å²) in [5.74, 6) is 0. The molecule has 12 nitrogen and oxygen atoms in total. The third-order valence-electron chi connectivity index (χ3n) is 0. The normalized spacial score (nSPS) is 10.2. The Bertz CT molecular complexity index is 343. The Morgan fingerprint density at radius 1 is 0.471 bits per heavy atom. The third kappa shape index (κ3) is 1380. The summed E-state index contributed by atoms with van der Waals surface area (Å²) in [6.07, 6.45) is 0. The summed E-state index contributed by atoms with van der Waals surface area (Å²) in [5, 5.41) is 0. The average Bonchev–Trinajstić information content (AvgIpc) is 1.41. The minimum absolute atomic E-state index is 0. The minimum Gasteiger partial charge on any atom is 3.00 e. The van der Waals surface area contributed by atoms with E-state index in [-0.39, 0.29) is 50.1 Å². The van der Waals surface area contributed by atoms with Crippen LogP contribution < -0.4 is 24.9 Å². The predicted molar refractivity (Wildman–Crippen MR) is 9.87 cm³/mol. The van der Waals surface area contributed by atoms with Crippen LogP contribution in [0.3, 0.4) is 0 Å². The molecule has 17 heteroatoms. The van der Waals surface area contributed by atoms with Crippen LogP contribution in [0, 0.1) is 0 Å². The SMILES string of the molecule is [Al+3].[O]=[Cr](=[O])([O-])[O-].[O]=[Cr](=[O])([O-])[O-].[O]=[Cr](=[O])([O-])[O-].[Y+3]. The van der Waals surface area contributed by atoms with Gasteiger partial charge in [0.25, 0.3) is 0 Å². The summed E-state index contributed by atoms with van der Waals surface area (Å²) >= 11 is -17.2. The molecule has 0 aromatic rings. The van der Waals surface area contributed by atoms with Gasteiger partial charge in [-0.25, -0.2) is 0 Å². The maximum atomic E-state index is 8.59. The van der Waals surface area contributed by atoms with E-state index in [9.17, 15) is 0 Å². The van der Waals surface area contributed by atoms with Crippen molar-refractivity contribution in [1.29, 1.82) is 0 Å². The molecule has 0 bridgehead atoms. The van der Waals surface area contributed by atoms with Crippen molar-refractivity contribution in [3.05, 3.63) is 0 Å². The van der Waals surface area contributed by atoms with Crippen LogP contribution in [0.2, 0.25) is 0 Å². The van der Waals surface area contributed by atoms with Crippen molar-refractivity contribution in [3.63, 3.8) is 0 Å². The van der Waals surface area contributed by atoms with E-state index in [4.69, 9.17) is 47.8 Å². The fraction of sp³-hybridized carbons (Fsp3) is 0. The van der Waals surface area contributed by atoms with Crippen LogP contribution in [-0.4, -0.2) is 17.4 Å². The van der Waals surface area contributed by atoms with Gasteiger partial charge in [0, 0.05) is 0 Å². The summed E-state index contributed by atoms with van der Waals surface area (Å²) < 4.78 is 103. The second-order valence-electron chi connectivity index (χ2n) is 1.22. The van der Waals surface area contributed by atoms with E-state index in [1.165, 1.54) is 0 Å². The maximum Gasteiger partial charge on any atom is 3.00 e. The van der Waals surface area contributed by atoms with E-state index >= 15 is 0 Å². The van der Waals surface area contributed by atoms with Gasteiger partial charge in [0.05, 0.1) is 0 Å². The second-order valence-corrected chi connectivity index (χ2v) is 5.05. The molecule has 0 atom stereocenters. The number of hydrogen-bond acceptors (Lipinski definition) is 12. The first-order valence-electron chi connectivity index (χ1n) is 2.00. The van der Waals surface area contributed by atoms with E-state index in [1.54, 1.807) is 0 Å². The zero-order valence-electron chi connectivity index (χ0n) is 7.28. The fourth-order valence-electron chi connectivity index (χ4n) is 0. The van der Waals surface area contributed by atoms with Crippen molar-refractivity contribution < 1.29 is 121 Å². The Balaban J connectivity index is -0.0000000400. The molecule has 0 unspecified atom stereocenters. The van der Waals surface area contributed by atoms with Gasteiger partial charge in [0.2, 0.25) is 0 Å². The molecule has 0 heterocycles. The molecule has 0 saturated heterocycles. The van der Waals surface area contributed by atoms with E-state index in [1.807, 2.05) is 0 Å². The van der Waals surface area contributed by atoms with E-state index in [0.717, 1.165) is 0 Å². The minimum atomic E-state index is -5.75. The Kier molecular flexibility index (Phi) is 23.6. The molecule has 0 aromatic heterocycles. The molecule has 0 saturated carbocycles. The summed E-state index contributed by atoms with van der Waals surface area (Å²) in [7, 11) is 0. The predicted octanol–water partition coefficient (Wildman–Crippen LogP) is -8.24. The molecule has 0 aliphatic heterocycles. The van der Waals surface area contributed by atoms with Crippen molar-refractivity contribution in [2.75, 3.05) is 0 Å². The first-order chi connectivity index (χ1) is 6.00. The van der Waals surface area contributed by atoms with Crippen molar-refractivity contribution >= 4 is 17.4 Å². The molecule has 0 N–H and O–H groups in total. The molecule has 0 fully saturated rings. The third-order valence-corrected chi connectivity index (χ3v) is 0. The molecule has 0 spiro atoms. The molecular weight excluding hydrogens is 464 g/mol. The van der Waals surface area contributed by atoms with Gasteiger partial charge in [-0.05, 0) is 0 Å². The standard InChI is InChI=1S/Al.3Cr.12O.Y/q+3;;;;;;;;;;6*-1;+3. The smallest absolute Gasteiger partial charge is 3.00 e. The Hall–Kier alpha value is 1.79. The number of hydrogen-bond donors (Lipinski definition) is 0. The summed E-state index contributed by atoms with van der Waals surface area (Å²) in [6.45, 7) is 0. The van der Waals surface area contributed by atoms with Crippen LogP contribution in [0.1, 0.15) is 0 Å². The summed E-state index contributed by atoms with van der Waals surface area (Å²) in [4.78, 5) is 0. The molecule has 17 heavy (non-hydrogen) atoms. The van der Waals surface area contributed by atoms with Crippen molar-refractivity contribution in [2.45, 2.75) is 0 Å². The van der Waals surface area contributed by atoms with Gasteiger partial charge < -0.3 is 0 Å². The van der Waals surface area contributed by atoms with Crippen LogP contribution >= 0.6 is 0 Å². The van der Waals surface area contributed by atoms with Gasteiger partial charge >= 0.3 is 139 Å². The first kappa shape index (κ1) is 31.3. The summed E-state index contributed by atoms with van der Waals surface area (Å²) in [5.41, 5.74) is 0. The average molecular weight is 464 g/mol. The zero-order valence-corrected chi connectivity index (χ0v) is 15.1. The molecule has 96 valence electrons. The van der Waals surface area contributed by atoms with Gasteiger partial charge in [-0.3, -0.25) is 0 Å². The van der Waals surface area contributed by atoms with Gasteiger partial charge in [0.15, 0.2) is 0 Å². The number of rotatable bonds is 0. The summed E-state index contributed by atoms with van der Waals surface area (Å²) in [6, 6.07) is 0. The van der Waals surface area contributed by atoms with Crippen molar-refractivity contribution in [3.8, 4) is 0 Å². The first-order valence-corrected chi connectivity index (χ1v) is 8.25. The van der Waals surface area contributed by atoms with Gasteiger partial charge in [0.1, 0.15) is 0 Å². The van der Waals surface area contributed by atoms with E-state index < -0.39 is 40.8 Å². The molecule has 0 amide bonds. The van der Waals surface area contributed by atoms with Crippen molar-refractivity contribution in [1.82, 2.24) is 0 Å². The maximum absolute atomic E-state index is 8.59. The van der Waals surface area contributed by atoms with Crippen LogP contribution in [0.25, 0.3) is 0 Å². The fourth-order valence-corrected chi connectivity index (χ4v) is 0. The topological polar surface area (TPSA) is 241 Å². The van der Waals surface area contributed by atoms with Crippen molar-refractivity contribution in [2.24, 2.45) is 0 Å². The Morgan fingerprint density at radius 2 is 0.471 bits per heavy atom. The van der Waals surface area contributed by atoms with E-state index in [0.29, 0.717) is 0 Å². The molecular formula is AlCr3O12Y. The second kappa shape index (κ2) is 12.8. The van der Waals surface area contributed by atoms with Gasteiger partial charge in [-0.15, -0.1) is 0 Å². The Morgan fingerprint density at radius 3 is 0.471 bits per heavy atom. The van der Waals surface area contributed by atoms with Gasteiger partial charge in [-0.2, -0.15) is 0 Å². The molecule has 0 aliphatic carbocycles. The van der Waals surface area contributed by atoms with Crippen LogP contribution in [0.4, 0.5) is 0 Å². The largest absolute Gasteiger partial charge is 3.00 e. The van der Waals surface area contributed by atoms with Crippen LogP contribution in [-0.2, 0) is 96.4 Å². The molecule has 0 aromatic carbocycles. The Labute approximate surface area is 137 Å². The quantitative estimate of drug-likeness (QED) is 0.304. The van der Waals surface area contributed by atoms with Gasteiger partial charge in [-0.1, -0.05) is 0 Å². The molecule has 0 rings (SSSR count).